The maximum absolute atomic E-state index is 9.45. The van der Waals surface area contributed by atoms with Gasteiger partial charge in [-0.05, 0) is 37.3 Å². The van der Waals surface area contributed by atoms with Gasteiger partial charge in [-0.25, -0.2) is 0 Å². The molecule has 16 heavy (non-hydrogen) atoms. The predicted molar refractivity (Wildman–Crippen MR) is 61.2 cm³/mol. The number of hydrogen-bond donors (Lipinski definition) is 2. The number of furan rings is 1. The van der Waals surface area contributed by atoms with Crippen LogP contribution in [0.3, 0.4) is 0 Å². The van der Waals surface area contributed by atoms with Gasteiger partial charge in [0.15, 0.2) is 0 Å². The molecule has 0 aliphatic heterocycles. The largest absolute Gasteiger partial charge is 0.465 e. The Morgan fingerprint density at radius 2 is 2.19 bits per heavy atom. The zero-order chi connectivity index (χ0) is 11.3. The van der Waals surface area contributed by atoms with Crippen LogP contribution in [0.4, 0.5) is 0 Å². The van der Waals surface area contributed by atoms with E-state index in [1.165, 1.54) is 6.42 Å². The third-order valence-corrected chi connectivity index (χ3v) is 4.27. The van der Waals surface area contributed by atoms with Crippen LogP contribution in [0.15, 0.2) is 16.5 Å². The Labute approximate surface area is 95.6 Å². The molecule has 3 rings (SSSR count). The standard InChI is InChI=1S/C13H19NO2/c1-8-4-10(8)11-2-3-12(16-11)13(7-14)5-9(15)6-13/h2-3,8-10,15H,4-7,14H2,1H3. The molecule has 0 spiro atoms. The van der Waals surface area contributed by atoms with E-state index in [0.717, 1.165) is 30.3 Å². The Balaban J connectivity index is 1.81. The minimum absolute atomic E-state index is 0.0875. The van der Waals surface area contributed by atoms with Crippen LogP contribution in [0.25, 0.3) is 0 Å². The minimum atomic E-state index is -0.197. The van der Waals surface area contributed by atoms with Gasteiger partial charge >= 0.3 is 0 Å². The molecule has 2 aliphatic rings. The van der Waals surface area contributed by atoms with E-state index >= 15 is 0 Å². The lowest BCUT2D eigenvalue weighted by molar-refractivity contribution is 0.0109. The summed E-state index contributed by atoms with van der Waals surface area (Å²) in [5.41, 5.74) is 5.73. The molecule has 0 aromatic carbocycles. The van der Waals surface area contributed by atoms with Crippen molar-refractivity contribution in [1.82, 2.24) is 0 Å². The maximum Gasteiger partial charge on any atom is 0.111 e. The molecule has 2 saturated carbocycles. The molecular weight excluding hydrogens is 202 g/mol. The molecule has 1 heterocycles. The summed E-state index contributed by atoms with van der Waals surface area (Å²) in [5.74, 6) is 3.47. The zero-order valence-electron chi connectivity index (χ0n) is 9.65. The number of nitrogens with two attached hydrogens (primary N) is 1. The Morgan fingerprint density at radius 1 is 1.50 bits per heavy atom. The van der Waals surface area contributed by atoms with Crippen molar-refractivity contribution in [3.8, 4) is 0 Å². The average Bonchev–Trinajstić information content (AvgIpc) is 2.78. The summed E-state index contributed by atoms with van der Waals surface area (Å²) in [6.45, 7) is 2.82. The first-order valence-corrected chi connectivity index (χ1v) is 6.13. The highest BCUT2D eigenvalue weighted by Gasteiger charge is 2.47. The number of aliphatic hydroxyl groups is 1. The first kappa shape index (κ1) is 10.4. The highest BCUT2D eigenvalue weighted by Crippen LogP contribution is 2.50. The predicted octanol–water partition coefficient (Wildman–Crippen LogP) is 1.75. The normalized spacial score (nSPS) is 41.8. The second kappa shape index (κ2) is 3.34. The van der Waals surface area contributed by atoms with Crippen molar-refractivity contribution in [3.05, 3.63) is 23.7 Å². The van der Waals surface area contributed by atoms with Crippen molar-refractivity contribution in [2.45, 2.75) is 43.6 Å². The van der Waals surface area contributed by atoms with Crippen molar-refractivity contribution >= 4 is 0 Å². The van der Waals surface area contributed by atoms with Crippen molar-refractivity contribution in [2.24, 2.45) is 11.7 Å². The van der Waals surface area contributed by atoms with E-state index in [1.54, 1.807) is 0 Å². The quantitative estimate of drug-likeness (QED) is 0.817. The second-order valence-corrected chi connectivity index (χ2v) is 5.57. The van der Waals surface area contributed by atoms with E-state index in [9.17, 15) is 5.11 Å². The average molecular weight is 221 g/mol. The number of aliphatic hydroxyl groups excluding tert-OH is 1. The number of rotatable bonds is 3. The summed E-state index contributed by atoms with van der Waals surface area (Å²) < 4.78 is 5.93. The highest BCUT2D eigenvalue weighted by atomic mass is 16.3. The smallest absolute Gasteiger partial charge is 0.111 e. The Hall–Kier alpha value is -0.800. The zero-order valence-corrected chi connectivity index (χ0v) is 9.65. The third kappa shape index (κ3) is 1.42. The van der Waals surface area contributed by atoms with Crippen molar-refractivity contribution in [1.29, 1.82) is 0 Å². The van der Waals surface area contributed by atoms with Crippen LogP contribution in [-0.4, -0.2) is 17.8 Å². The molecule has 0 radical (unpaired) electrons. The summed E-state index contributed by atoms with van der Waals surface area (Å²) in [4.78, 5) is 0. The molecule has 0 saturated heterocycles. The van der Waals surface area contributed by atoms with Crippen molar-refractivity contribution in [2.75, 3.05) is 6.54 Å². The minimum Gasteiger partial charge on any atom is -0.465 e. The van der Waals surface area contributed by atoms with Gasteiger partial charge in [-0.15, -0.1) is 0 Å². The summed E-state index contributed by atoms with van der Waals surface area (Å²) >= 11 is 0. The first-order valence-electron chi connectivity index (χ1n) is 6.13. The van der Waals surface area contributed by atoms with Gasteiger partial charge in [0.2, 0.25) is 0 Å². The van der Waals surface area contributed by atoms with Crippen molar-refractivity contribution < 1.29 is 9.52 Å². The van der Waals surface area contributed by atoms with E-state index in [0.29, 0.717) is 12.5 Å². The molecule has 1 aromatic heterocycles. The lowest BCUT2D eigenvalue weighted by Crippen LogP contribution is -2.49. The van der Waals surface area contributed by atoms with Crippen LogP contribution >= 0.6 is 0 Å². The summed E-state index contributed by atoms with van der Waals surface area (Å²) in [6, 6.07) is 4.14. The summed E-state index contributed by atoms with van der Waals surface area (Å²) in [7, 11) is 0. The van der Waals surface area contributed by atoms with Crippen LogP contribution in [0.2, 0.25) is 0 Å². The van der Waals surface area contributed by atoms with E-state index < -0.39 is 0 Å². The fourth-order valence-electron chi connectivity index (χ4n) is 2.87. The molecule has 2 fully saturated rings. The number of hydrogen-bond acceptors (Lipinski definition) is 3. The lowest BCUT2D eigenvalue weighted by Gasteiger charge is -2.43. The molecule has 2 atom stereocenters. The van der Waals surface area contributed by atoms with Gasteiger partial charge in [0.1, 0.15) is 11.5 Å². The van der Waals surface area contributed by atoms with E-state index in [-0.39, 0.29) is 11.5 Å². The lowest BCUT2D eigenvalue weighted by atomic mass is 9.65. The molecule has 0 bridgehead atoms. The summed E-state index contributed by atoms with van der Waals surface area (Å²) in [5, 5.41) is 9.45. The van der Waals surface area contributed by atoms with Crippen LogP contribution in [0.1, 0.15) is 43.6 Å². The van der Waals surface area contributed by atoms with Crippen LogP contribution in [-0.2, 0) is 5.41 Å². The van der Waals surface area contributed by atoms with Gasteiger partial charge in [-0.2, -0.15) is 0 Å². The molecule has 3 nitrogen and oxygen atoms in total. The first-order chi connectivity index (χ1) is 7.64. The fraction of sp³-hybridized carbons (Fsp3) is 0.692. The summed E-state index contributed by atoms with van der Waals surface area (Å²) in [6.07, 6.45) is 2.54. The van der Waals surface area contributed by atoms with E-state index in [2.05, 4.69) is 19.1 Å². The van der Waals surface area contributed by atoms with Gasteiger partial charge < -0.3 is 15.3 Å². The third-order valence-electron chi connectivity index (χ3n) is 4.27. The Morgan fingerprint density at radius 3 is 2.69 bits per heavy atom. The van der Waals surface area contributed by atoms with Crippen LogP contribution in [0, 0.1) is 5.92 Å². The molecule has 2 unspecified atom stereocenters. The van der Waals surface area contributed by atoms with Gasteiger partial charge in [-0.1, -0.05) is 6.92 Å². The maximum atomic E-state index is 9.45. The van der Waals surface area contributed by atoms with Gasteiger partial charge in [-0.3, -0.25) is 0 Å². The molecule has 2 aliphatic carbocycles. The van der Waals surface area contributed by atoms with Gasteiger partial charge in [0, 0.05) is 17.9 Å². The van der Waals surface area contributed by atoms with Crippen LogP contribution in [0.5, 0.6) is 0 Å². The fourth-order valence-corrected chi connectivity index (χ4v) is 2.87. The molecule has 3 N–H and O–H groups in total. The SMILES string of the molecule is CC1CC1c1ccc(C2(CN)CC(O)C2)o1. The molecule has 88 valence electrons. The second-order valence-electron chi connectivity index (χ2n) is 5.57. The topological polar surface area (TPSA) is 59.4 Å². The van der Waals surface area contributed by atoms with E-state index in [4.69, 9.17) is 10.2 Å². The molecular formula is C13H19NO2. The molecule has 0 amide bonds. The van der Waals surface area contributed by atoms with Crippen LogP contribution < -0.4 is 5.73 Å². The van der Waals surface area contributed by atoms with E-state index in [1.807, 2.05) is 0 Å². The monoisotopic (exact) mass is 221 g/mol. The Kier molecular flexibility index (Phi) is 2.17. The molecule has 3 heteroatoms. The van der Waals surface area contributed by atoms with Gasteiger partial charge in [0.25, 0.3) is 0 Å². The Bertz CT molecular complexity index is 392. The van der Waals surface area contributed by atoms with Crippen molar-refractivity contribution in [3.63, 3.8) is 0 Å². The molecule has 1 aromatic rings. The highest BCUT2D eigenvalue weighted by molar-refractivity contribution is 5.26. The van der Waals surface area contributed by atoms with Gasteiger partial charge in [0.05, 0.1) is 6.10 Å².